The van der Waals surface area contributed by atoms with Crippen molar-refractivity contribution in [2.24, 2.45) is 11.8 Å². The van der Waals surface area contributed by atoms with Gasteiger partial charge in [-0.1, -0.05) is 30.3 Å². The van der Waals surface area contributed by atoms with Gasteiger partial charge in [0.05, 0.1) is 31.3 Å². The number of ether oxygens (including phenoxy) is 1. The lowest BCUT2D eigenvalue weighted by Gasteiger charge is -2.32. The van der Waals surface area contributed by atoms with Crippen LogP contribution in [0.3, 0.4) is 0 Å². The Labute approximate surface area is 162 Å². The quantitative estimate of drug-likeness (QED) is 0.625. The van der Waals surface area contributed by atoms with Gasteiger partial charge in [0.25, 0.3) is 0 Å². The number of likely N-dealkylation sites (tertiary alicyclic amines) is 1. The monoisotopic (exact) mass is 382 g/mol. The van der Waals surface area contributed by atoms with E-state index in [4.69, 9.17) is 9.15 Å². The zero-order valence-corrected chi connectivity index (χ0v) is 15.8. The van der Waals surface area contributed by atoms with E-state index in [0.717, 1.165) is 5.56 Å². The number of nitrogens with zero attached hydrogens (tertiary/aromatic N) is 1. The smallest absolute Gasteiger partial charge is 0.327 e. The molecule has 0 bridgehead atoms. The van der Waals surface area contributed by atoms with Crippen LogP contribution < -0.4 is 5.32 Å². The summed E-state index contributed by atoms with van der Waals surface area (Å²) in [4.78, 5) is 40.5. The van der Waals surface area contributed by atoms with Crippen LogP contribution in [0.1, 0.15) is 24.3 Å². The van der Waals surface area contributed by atoms with Crippen molar-refractivity contribution >= 4 is 17.8 Å². The fourth-order valence-electron chi connectivity index (χ4n) is 4.61. The molecule has 4 rings (SSSR count). The maximum absolute atomic E-state index is 13.2. The van der Waals surface area contributed by atoms with Gasteiger partial charge in [0.2, 0.25) is 11.8 Å². The van der Waals surface area contributed by atoms with E-state index in [9.17, 15) is 14.4 Å². The second kappa shape index (κ2) is 6.91. The van der Waals surface area contributed by atoms with Gasteiger partial charge in [0, 0.05) is 13.0 Å². The second-order valence-electron chi connectivity index (χ2n) is 7.19. The second-order valence-corrected chi connectivity index (χ2v) is 7.19. The van der Waals surface area contributed by atoms with Crippen molar-refractivity contribution in [3.8, 4) is 0 Å². The van der Waals surface area contributed by atoms with E-state index in [2.05, 4.69) is 5.32 Å². The molecule has 2 saturated heterocycles. The molecular formula is C21H22N2O5. The van der Waals surface area contributed by atoms with Gasteiger partial charge in [-0.25, -0.2) is 0 Å². The summed E-state index contributed by atoms with van der Waals surface area (Å²) in [7, 11) is 1.30. The molecule has 146 valence electrons. The zero-order chi connectivity index (χ0) is 19.9. The Kier molecular flexibility index (Phi) is 4.55. The molecule has 0 radical (unpaired) electrons. The number of nitrogens with one attached hydrogen (secondary N) is 1. The fraction of sp³-hybridized carbons (Fsp3) is 0.381. The van der Waals surface area contributed by atoms with Gasteiger partial charge >= 0.3 is 5.97 Å². The first-order chi connectivity index (χ1) is 13.5. The molecule has 3 heterocycles. The number of rotatable bonds is 5. The summed E-state index contributed by atoms with van der Waals surface area (Å²) < 4.78 is 10.7. The summed E-state index contributed by atoms with van der Waals surface area (Å²) in [6, 6.07) is 12.3. The van der Waals surface area contributed by atoms with E-state index in [0.29, 0.717) is 5.76 Å². The summed E-state index contributed by atoms with van der Waals surface area (Å²) >= 11 is 0. The first-order valence-corrected chi connectivity index (χ1v) is 9.32. The highest BCUT2D eigenvalue weighted by molar-refractivity contribution is 6.09. The molecule has 1 aromatic carbocycles. The molecule has 28 heavy (non-hydrogen) atoms. The van der Waals surface area contributed by atoms with Crippen molar-refractivity contribution in [3.05, 3.63) is 60.1 Å². The minimum absolute atomic E-state index is 0.232. The molecule has 0 spiro atoms. The predicted molar refractivity (Wildman–Crippen MR) is 98.9 cm³/mol. The highest BCUT2D eigenvalue weighted by atomic mass is 16.5. The van der Waals surface area contributed by atoms with Crippen LogP contribution in [0.25, 0.3) is 0 Å². The van der Waals surface area contributed by atoms with Crippen LogP contribution in [0.5, 0.6) is 0 Å². The molecule has 0 aliphatic carbocycles. The molecule has 1 N–H and O–H groups in total. The van der Waals surface area contributed by atoms with Gasteiger partial charge in [-0.15, -0.1) is 0 Å². The molecular weight excluding hydrogens is 360 g/mol. The van der Waals surface area contributed by atoms with E-state index in [-0.39, 0.29) is 24.8 Å². The molecule has 7 heteroatoms. The van der Waals surface area contributed by atoms with Crippen molar-refractivity contribution in [2.75, 3.05) is 13.7 Å². The Bertz CT molecular complexity index is 895. The minimum atomic E-state index is -1.35. The van der Waals surface area contributed by atoms with E-state index in [1.54, 1.807) is 19.1 Å². The van der Waals surface area contributed by atoms with Crippen LogP contribution in [-0.2, 0) is 25.5 Å². The topological polar surface area (TPSA) is 88.8 Å². The lowest BCUT2D eigenvalue weighted by molar-refractivity contribution is -0.154. The van der Waals surface area contributed by atoms with Crippen LogP contribution in [0.15, 0.2) is 53.1 Å². The molecule has 0 saturated carbocycles. The van der Waals surface area contributed by atoms with Gasteiger partial charge in [0.15, 0.2) is 0 Å². The lowest BCUT2D eigenvalue weighted by Crippen LogP contribution is -2.57. The maximum atomic E-state index is 13.2. The Morgan fingerprint density at radius 1 is 1.18 bits per heavy atom. The summed E-state index contributed by atoms with van der Waals surface area (Å²) in [6.07, 6.45) is 1.75. The summed E-state index contributed by atoms with van der Waals surface area (Å²) in [5.41, 5.74) is -0.482. The molecule has 4 atom stereocenters. The number of benzene rings is 1. The van der Waals surface area contributed by atoms with Crippen molar-refractivity contribution in [2.45, 2.75) is 24.9 Å². The zero-order valence-electron chi connectivity index (χ0n) is 15.8. The third-order valence-electron chi connectivity index (χ3n) is 5.79. The van der Waals surface area contributed by atoms with E-state index in [1.165, 1.54) is 18.3 Å². The predicted octanol–water partition coefficient (Wildman–Crippen LogP) is 1.70. The number of carbonyl (C=O) groups is 3. The highest BCUT2D eigenvalue weighted by Crippen LogP contribution is 2.50. The van der Waals surface area contributed by atoms with Crippen LogP contribution in [0.2, 0.25) is 0 Å². The van der Waals surface area contributed by atoms with Gasteiger partial charge in [-0.05, 0) is 24.6 Å². The van der Waals surface area contributed by atoms with Crippen molar-refractivity contribution in [1.82, 2.24) is 10.2 Å². The molecule has 2 amide bonds. The number of methoxy groups -OCH3 is 1. The van der Waals surface area contributed by atoms with Crippen LogP contribution in [0, 0.1) is 11.8 Å². The van der Waals surface area contributed by atoms with Crippen molar-refractivity contribution in [1.29, 1.82) is 0 Å². The Morgan fingerprint density at radius 2 is 1.93 bits per heavy atom. The van der Waals surface area contributed by atoms with E-state index < -0.39 is 29.4 Å². The molecule has 2 aliphatic rings. The van der Waals surface area contributed by atoms with Gasteiger partial charge in [0.1, 0.15) is 11.3 Å². The average molecular weight is 382 g/mol. The number of esters is 1. The van der Waals surface area contributed by atoms with Gasteiger partial charge < -0.3 is 9.15 Å². The molecule has 1 aromatic heterocycles. The molecule has 2 aromatic rings. The third kappa shape index (κ3) is 2.57. The standard InChI is InChI=1S/C21H22N2O5/c1-3-23-18(24)15-16(19(23)25)21(20(26)27-2,12-13-8-5-4-6-9-13)22-17(15)14-10-7-11-28-14/h4-11,15-17,22H,3,12H2,1-2H3/t15-,16+,17-,21-/m0/s1. The normalized spacial score (nSPS) is 29.2. The SMILES string of the molecule is CCN1C(=O)[C@@H]2[C@H](c3ccco3)N[C@](Cc3ccccc3)(C(=O)OC)[C@H]2C1=O. The maximum Gasteiger partial charge on any atom is 0.327 e. The number of hydrogen-bond acceptors (Lipinski definition) is 6. The van der Waals surface area contributed by atoms with Crippen LogP contribution in [0.4, 0.5) is 0 Å². The number of hydrogen-bond donors (Lipinski definition) is 1. The summed E-state index contributed by atoms with van der Waals surface area (Å²) in [6.45, 7) is 2.02. The molecule has 2 fully saturated rings. The van der Waals surface area contributed by atoms with Crippen molar-refractivity contribution in [3.63, 3.8) is 0 Å². The Balaban J connectivity index is 1.86. The first-order valence-electron chi connectivity index (χ1n) is 9.32. The highest BCUT2D eigenvalue weighted by Gasteiger charge is 2.68. The minimum Gasteiger partial charge on any atom is -0.468 e. The molecule has 0 unspecified atom stereocenters. The lowest BCUT2D eigenvalue weighted by atomic mass is 9.76. The molecule has 7 nitrogen and oxygen atoms in total. The number of imide groups is 1. The van der Waals surface area contributed by atoms with Gasteiger partial charge in [-0.3, -0.25) is 24.6 Å². The van der Waals surface area contributed by atoms with Crippen molar-refractivity contribution < 1.29 is 23.5 Å². The largest absolute Gasteiger partial charge is 0.468 e. The number of furan rings is 1. The summed E-state index contributed by atoms with van der Waals surface area (Å²) in [5, 5.41) is 3.28. The average Bonchev–Trinajstić information content (AvgIpc) is 3.40. The van der Waals surface area contributed by atoms with E-state index >= 15 is 0 Å². The van der Waals surface area contributed by atoms with Gasteiger partial charge in [-0.2, -0.15) is 0 Å². The number of fused-ring (bicyclic) bond motifs is 1. The molecule has 2 aliphatic heterocycles. The number of amides is 2. The van der Waals surface area contributed by atoms with Crippen LogP contribution >= 0.6 is 0 Å². The Hall–Kier alpha value is -2.93. The fourth-order valence-corrected chi connectivity index (χ4v) is 4.61. The number of carbonyl (C=O) groups excluding carboxylic acids is 3. The van der Waals surface area contributed by atoms with E-state index in [1.807, 2.05) is 30.3 Å². The third-order valence-corrected chi connectivity index (χ3v) is 5.79. The summed E-state index contributed by atoms with van der Waals surface area (Å²) in [5.74, 6) is -2.25. The Morgan fingerprint density at radius 3 is 2.54 bits per heavy atom. The van der Waals surface area contributed by atoms with Crippen LogP contribution in [-0.4, -0.2) is 41.9 Å². The first kappa shape index (κ1) is 18.4.